The molecule has 2 saturated heterocycles. The van der Waals surface area contributed by atoms with Gasteiger partial charge in [0.25, 0.3) is 0 Å². The van der Waals surface area contributed by atoms with Crippen LogP contribution >= 0.6 is 0 Å². The van der Waals surface area contributed by atoms with Crippen LogP contribution in [0.2, 0.25) is 0 Å². The van der Waals surface area contributed by atoms with Gasteiger partial charge in [0.15, 0.2) is 0 Å². The Morgan fingerprint density at radius 1 is 1.42 bits per heavy atom. The fourth-order valence-corrected chi connectivity index (χ4v) is 2.88. The number of Topliss-reactive ketones (excluding diaryl/α,β-unsaturated/α-hetero) is 1. The van der Waals surface area contributed by atoms with E-state index in [2.05, 4.69) is 5.32 Å². The van der Waals surface area contributed by atoms with Crippen LogP contribution in [0, 0.1) is 5.41 Å². The SMILES string of the molecule is CC(C)(C)OC(=O)N1CCCC2(CNCCC2=O)C1. The van der Waals surface area contributed by atoms with E-state index in [1.165, 1.54) is 0 Å². The van der Waals surface area contributed by atoms with Gasteiger partial charge in [-0.3, -0.25) is 4.79 Å². The number of nitrogens with zero attached hydrogens (tertiary/aromatic N) is 1. The number of hydrogen-bond donors (Lipinski definition) is 1. The standard InChI is InChI=1S/C14H24N2O3/c1-13(2,3)19-12(18)16-8-4-6-14(10-16)9-15-7-5-11(14)17/h15H,4-10H2,1-3H3. The fraction of sp³-hybridized carbons (Fsp3) is 0.857. The van der Waals surface area contributed by atoms with Gasteiger partial charge in [-0.2, -0.15) is 0 Å². The van der Waals surface area contributed by atoms with Crippen LogP contribution in [0.15, 0.2) is 0 Å². The van der Waals surface area contributed by atoms with Crippen molar-refractivity contribution in [1.29, 1.82) is 0 Å². The molecule has 0 saturated carbocycles. The van der Waals surface area contributed by atoms with Crippen molar-refractivity contribution < 1.29 is 14.3 Å². The van der Waals surface area contributed by atoms with E-state index in [0.717, 1.165) is 19.4 Å². The maximum Gasteiger partial charge on any atom is 0.410 e. The molecule has 2 aliphatic rings. The van der Waals surface area contributed by atoms with Gasteiger partial charge in [0, 0.05) is 32.6 Å². The second-order valence-corrected chi connectivity index (χ2v) is 6.64. The first-order valence-electron chi connectivity index (χ1n) is 7.04. The molecule has 2 rings (SSSR count). The van der Waals surface area contributed by atoms with E-state index >= 15 is 0 Å². The molecule has 0 aliphatic carbocycles. The summed E-state index contributed by atoms with van der Waals surface area (Å²) in [5, 5.41) is 3.28. The molecule has 2 aliphatic heterocycles. The smallest absolute Gasteiger partial charge is 0.410 e. The average Bonchev–Trinajstić information content (AvgIpc) is 2.31. The van der Waals surface area contributed by atoms with Gasteiger partial charge in [0.2, 0.25) is 0 Å². The van der Waals surface area contributed by atoms with Gasteiger partial charge in [0.1, 0.15) is 11.4 Å². The molecule has 108 valence electrons. The lowest BCUT2D eigenvalue weighted by molar-refractivity contribution is -0.133. The quantitative estimate of drug-likeness (QED) is 0.724. The number of piperidine rings is 2. The van der Waals surface area contributed by atoms with Crippen LogP contribution in [0.25, 0.3) is 0 Å². The van der Waals surface area contributed by atoms with Crippen molar-refractivity contribution in [2.75, 3.05) is 26.2 Å². The number of carbonyl (C=O) groups excluding carboxylic acids is 2. The third-order valence-corrected chi connectivity index (χ3v) is 3.81. The maximum absolute atomic E-state index is 12.2. The Hall–Kier alpha value is -1.10. The van der Waals surface area contributed by atoms with Crippen molar-refractivity contribution in [3.05, 3.63) is 0 Å². The lowest BCUT2D eigenvalue weighted by Crippen LogP contribution is -2.57. The highest BCUT2D eigenvalue weighted by molar-refractivity contribution is 5.87. The summed E-state index contributed by atoms with van der Waals surface area (Å²) >= 11 is 0. The summed E-state index contributed by atoms with van der Waals surface area (Å²) in [5.74, 6) is 0.291. The highest BCUT2D eigenvalue weighted by Crippen LogP contribution is 2.33. The summed E-state index contributed by atoms with van der Waals surface area (Å²) in [5.41, 5.74) is -0.871. The topological polar surface area (TPSA) is 58.6 Å². The van der Waals surface area contributed by atoms with Crippen LogP contribution in [-0.4, -0.2) is 48.6 Å². The van der Waals surface area contributed by atoms with Gasteiger partial charge in [-0.1, -0.05) is 0 Å². The van der Waals surface area contributed by atoms with Crippen molar-refractivity contribution in [3.8, 4) is 0 Å². The number of ether oxygens (including phenoxy) is 1. The Bertz CT molecular complexity index is 371. The normalized spacial score (nSPS) is 28.6. The minimum Gasteiger partial charge on any atom is -0.444 e. The van der Waals surface area contributed by atoms with E-state index in [0.29, 0.717) is 31.8 Å². The van der Waals surface area contributed by atoms with Gasteiger partial charge in [-0.05, 0) is 33.6 Å². The minimum atomic E-state index is -0.490. The Kier molecular flexibility index (Phi) is 3.85. The largest absolute Gasteiger partial charge is 0.444 e. The first-order valence-corrected chi connectivity index (χ1v) is 7.04. The molecule has 5 nitrogen and oxygen atoms in total. The van der Waals surface area contributed by atoms with Crippen molar-refractivity contribution in [1.82, 2.24) is 10.2 Å². The molecule has 1 unspecified atom stereocenters. The van der Waals surface area contributed by atoms with Crippen LogP contribution in [-0.2, 0) is 9.53 Å². The second kappa shape index (κ2) is 5.12. The first kappa shape index (κ1) is 14.3. The van der Waals surface area contributed by atoms with Crippen LogP contribution in [0.3, 0.4) is 0 Å². The lowest BCUT2D eigenvalue weighted by Gasteiger charge is -2.44. The summed E-state index contributed by atoms with van der Waals surface area (Å²) in [6.07, 6.45) is 2.01. The predicted molar refractivity (Wildman–Crippen MR) is 72.0 cm³/mol. The summed E-state index contributed by atoms with van der Waals surface area (Å²) < 4.78 is 5.40. The maximum atomic E-state index is 12.2. The molecule has 5 heteroatoms. The summed E-state index contributed by atoms with van der Waals surface area (Å²) in [6.45, 7) is 8.20. The molecule has 0 bridgehead atoms. The van der Waals surface area contributed by atoms with Gasteiger partial charge < -0.3 is 15.0 Å². The number of nitrogens with one attached hydrogen (secondary N) is 1. The summed E-state index contributed by atoms with van der Waals surface area (Å²) in [7, 11) is 0. The molecule has 0 aromatic carbocycles. The van der Waals surface area contributed by atoms with Crippen molar-refractivity contribution in [2.24, 2.45) is 5.41 Å². The molecule has 1 spiro atoms. The van der Waals surface area contributed by atoms with E-state index in [4.69, 9.17) is 4.74 Å². The molecular formula is C14H24N2O3. The highest BCUT2D eigenvalue weighted by Gasteiger charge is 2.44. The first-order chi connectivity index (χ1) is 8.82. The third-order valence-electron chi connectivity index (χ3n) is 3.81. The van der Waals surface area contributed by atoms with Crippen LogP contribution < -0.4 is 5.32 Å². The van der Waals surface area contributed by atoms with Crippen molar-refractivity contribution in [3.63, 3.8) is 0 Å². The minimum absolute atomic E-state index is 0.291. The van der Waals surface area contributed by atoms with Gasteiger partial charge in [0.05, 0.1) is 5.41 Å². The monoisotopic (exact) mass is 268 g/mol. The van der Waals surface area contributed by atoms with E-state index in [-0.39, 0.29) is 11.5 Å². The predicted octanol–water partition coefficient (Wildman–Crippen LogP) is 1.57. The van der Waals surface area contributed by atoms with Gasteiger partial charge in [-0.25, -0.2) is 4.79 Å². The molecule has 19 heavy (non-hydrogen) atoms. The molecular weight excluding hydrogens is 244 g/mol. The third kappa shape index (κ3) is 3.26. The summed E-state index contributed by atoms with van der Waals surface area (Å²) in [6, 6.07) is 0. The molecule has 1 atom stereocenters. The van der Waals surface area contributed by atoms with Gasteiger partial charge >= 0.3 is 6.09 Å². The van der Waals surface area contributed by atoms with Crippen molar-refractivity contribution >= 4 is 11.9 Å². The average molecular weight is 268 g/mol. The number of amides is 1. The zero-order valence-corrected chi connectivity index (χ0v) is 12.1. The lowest BCUT2D eigenvalue weighted by atomic mass is 9.73. The Labute approximate surface area is 114 Å². The number of rotatable bonds is 0. The Balaban J connectivity index is 2.04. The zero-order valence-electron chi connectivity index (χ0n) is 12.1. The molecule has 1 N–H and O–H groups in total. The molecule has 2 fully saturated rings. The molecule has 0 aromatic heterocycles. The Morgan fingerprint density at radius 3 is 2.79 bits per heavy atom. The van der Waals surface area contributed by atoms with Crippen LogP contribution in [0.5, 0.6) is 0 Å². The van der Waals surface area contributed by atoms with E-state index in [9.17, 15) is 9.59 Å². The molecule has 2 heterocycles. The fourth-order valence-electron chi connectivity index (χ4n) is 2.88. The highest BCUT2D eigenvalue weighted by atomic mass is 16.6. The van der Waals surface area contributed by atoms with Crippen LogP contribution in [0.4, 0.5) is 4.79 Å². The molecule has 1 amide bonds. The molecule has 0 radical (unpaired) electrons. The number of carbonyl (C=O) groups is 2. The number of ketones is 1. The van der Waals surface area contributed by atoms with E-state index in [1.54, 1.807) is 4.90 Å². The van der Waals surface area contributed by atoms with Gasteiger partial charge in [-0.15, -0.1) is 0 Å². The summed E-state index contributed by atoms with van der Waals surface area (Å²) in [4.78, 5) is 26.0. The van der Waals surface area contributed by atoms with Crippen molar-refractivity contribution in [2.45, 2.75) is 45.6 Å². The van der Waals surface area contributed by atoms with E-state index < -0.39 is 5.60 Å². The Morgan fingerprint density at radius 2 is 2.16 bits per heavy atom. The van der Waals surface area contributed by atoms with Crippen LogP contribution in [0.1, 0.15) is 40.0 Å². The number of hydrogen-bond acceptors (Lipinski definition) is 4. The second-order valence-electron chi connectivity index (χ2n) is 6.64. The van der Waals surface area contributed by atoms with E-state index in [1.807, 2.05) is 20.8 Å². The zero-order chi connectivity index (χ0) is 14.1. The number of likely N-dealkylation sites (tertiary alicyclic amines) is 1. The molecule has 0 aromatic rings.